The van der Waals surface area contributed by atoms with Gasteiger partial charge in [-0.3, -0.25) is 9.59 Å². The molecule has 0 aliphatic carbocycles. The molecule has 1 rings (SSSR count). The smallest absolute Gasteiger partial charge is 0.323 e. The SMILES string of the molecule is CCC(=O)N1C(C)CCC1C(=O)F. The lowest BCUT2D eigenvalue weighted by Crippen LogP contribution is -2.42. The van der Waals surface area contributed by atoms with Gasteiger partial charge in [-0.15, -0.1) is 0 Å². The number of nitrogens with zero attached hydrogens (tertiary/aromatic N) is 1. The maximum absolute atomic E-state index is 12.5. The molecule has 0 bridgehead atoms. The van der Waals surface area contributed by atoms with Crippen molar-refractivity contribution in [2.24, 2.45) is 0 Å². The first-order chi connectivity index (χ1) is 6.07. The van der Waals surface area contributed by atoms with Crippen LogP contribution >= 0.6 is 0 Å². The van der Waals surface area contributed by atoms with Gasteiger partial charge in [0.1, 0.15) is 6.04 Å². The summed E-state index contributed by atoms with van der Waals surface area (Å²) in [6.07, 6.45) is 1.50. The Morgan fingerprint density at radius 3 is 2.54 bits per heavy atom. The van der Waals surface area contributed by atoms with E-state index >= 15 is 0 Å². The predicted octanol–water partition coefficient (Wildman–Crippen LogP) is 1.27. The molecule has 1 aliphatic rings. The van der Waals surface area contributed by atoms with E-state index in [9.17, 15) is 14.0 Å². The number of likely N-dealkylation sites (tertiary alicyclic amines) is 1. The molecule has 0 aromatic heterocycles. The summed E-state index contributed by atoms with van der Waals surface area (Å²) in [7, 11) is 0. The summed E-state index contributed by atoms with van der Waals surface area (Å²) >= 11 is 0. The summed E-state index contributed by atoms with van der Waals surface area (Å²) < 4.78 is 12.5. The Bertz CT molecular complexity index is 230. The van der Waals surface area contributed by atoms with Crippen LogP contribution in [0.4, 0.5) is 4.39 Å². The number of amides is 1. The van der Waals surface area contributed by atoms with Crippen molar-refractivity contribution < 1.29 is 14.0 Å². The van der Waals surface area contributed by atoms with E-state index in [0.717, 1.165) is 0 Å². The first kappa shape index (κ1) is 10.2. The van der Waals surface area contributed by atoms with Gasteiger partial charge < -0.3 is 4.90 Å². The molecule has 4 heteroatoms. The van der Waals surface area contributed by atoms with Crippen LogP contribution in [0.5, 0.6) is 0 Å². The average molecular weight is 187 g/mol. The van der Waals surface area contributed by atoms with Crippen molar-refractivity contribution >= 4 is 11.9 Å². The second kappa shape index (κ2) is 3.85. The zero-order valence-electron chi connectivity index (χ0n) is 7.92. The molecule has 1 fully saturated rings. The highest BCUT2D eigenvalue weighted by Gasteiger charge is 2.37. The molecule has 0 aromatic carbocycles. The van der Waals surface area contributed by atoms with Crippen molar-refractivity contribution in [3.8, 4) is 0 Å². The first-order valence-electron chi connectivity index (χ1n) is 4.58. The van der Waals surface area contributed by atoms with Gasteiger partial charge in [-0.1, -0.05) is 6.92 Å². The summed E-state index contributed by atoms with van der Waals surface area (Å²) in [6, 6.07) is -2.20. The molecule has 1 saturated heterocycles. The van der Waals surface area contributed by atoms with E-state index in [4.69, 9.17) is 0 Å². The topological polar surface area (TPSA) is 37.4 Å². The molecule has 3 nitrogen and oxygen atoms in total. The lowest BCUT2D eigenvalue weighted by molar-refractivity contribution is -0.144. The fourth-order valence-electron chi connectivity index (χ4n) is 1.81. The molecule has 1 amide bonds. The molecule has 13 heavy (non-hydrogen) atoms. The van der Waals surface area contributed by atoms with Gasteiger partial charge in [0, 0.05) is 12.5 Å². The average Bonchev–Trinajstić information content (AvgIpc) is 2.46. The number of carbonyl (C=O) groups is 2. The standard InChI is InChI=1S/C9H14FNO2/c1-3-8(12)11-6(2)4-5-7(11)9(10)13/h6-7H,3-5H2,1-2H3. The van der Waals surface area contributed by atoms with Crippen LogP contribution in [0.2, 0.25) is 0 Å². The molecule has 0 aromatic rings. The van der Waals surface area contributed by atoms with Crippen LogP contribution in [0.1, 0.15) is 33.1 Å². The largest absolute Gasteiger partial charge is 0.327 e. The van der Waals surface area contributed by atoms with Gasteiger partial charge in [-0.2, -0.15) is 4.39 Å². The van der Waals surface area contributed by atoms with E-state index in [-0.39, 0.29) is 11.9 Å². The van der Waals surface area contributed by atoms with Crippen LogP contribution in [0.15, 0.2) is 0 Å². The summed E-state index contributed by atoms with van der Waals surface area (Å²) in [6.45, 7) is 3.56. The van der Waals surface area contributed by atoms with Crippen molar-refractivity contribution in [2.75, 3.05) is 0 Å². The van der Waals surface area contributed by atoms with Crippen molar-refractivity contribution in [2.45, 2.75) is 45.2 Å². The van der Waals surface area contributed by atoms with Gasteiger partial charge in [-0.05, 0) is 19.8 Å². The maximum atomic E-state index is 12.5. The zero-order chi connectivity index (χ0) is 10.0. The van der Waals surface area contributed by atoms with Gasteiger partial charge in [0.25, 0.3) is 0 Å². The molecule has 2 unspecified atom stereocenters. The third kappa shape index (κ3) is 1.87. The van der Waals surface area contributed by atoms with E-state index < -0.39 is 12.1 Å². The Morgan fingerprint density at radius 1 is 1.46 bits per heavy atom. The van der Waals surface area contributed by atoms with E-state index in [1.54, 1.807) is 6.92 Å². The van der Waals surface area contributed by atoms with Crippen LogP contribution in [-0.2, 0) is 9.59 Å². The van der Waals surface area contributed by atoms with Crippen molar-refractivity contribution in [3.63, 3.8) is 0 Å². The fraction of sp³-hybridized carbons (Fsp3) is 0.778. The van der Waals surface area contributed by atoms with E-state index in [2.05, 4.69) is 0 Å². The van der Waals surface area contributed by atoms with Crippen LogP contribution < -0.4 is 0 Å². The lowest BCUT2D eigenvalue weighted by atomic mass is 10.2. The monoisotopic (exact) mass is 187 g/mol. The molecule has 1 heterocycles. The molecular formula is C9H14FNO2. The number of rotatable bonds is 2. The molecule has 0 saturated carbocycles. The normalized spacial score (nSPS) is 27.8. The Hall–Kier alpha value is -0.930. The predicted molar refractivity (Wildman–Crippen MR) is 45.7 cm³/mol. The molecular weight excluding hydrogens is 173 g/mol. The van der Waals surface area contributed by atoms with E-state index in [0.29, 0.717) is 19.3 Å². The van der Waals surface area contributed by atoms with Crippen LogP contribution in [0.25, 0.3) is 0 Å². The summed E-state index contributed by atoms with van der Waals surface area (Å²) in [5.74, 6) is -0.138. The Morgan fingerprint density at radius 2 is 2.08 bits per heavy atom. The molecule has 0 N–H and O–H groups in total. The Labute approximate surface area is 76.9 Å². The second-order valence-corrected chi connectivity index (χ2v) is 3.40. The lowest BCUT2D eigenvalue weighted by Gasteiger charge is -2.25. The third-order valence-corrected chi connectivity index (χ3v) is 2.52. The Balaban J connectivity index is 2.76. The van der Waals surface area contributed by atoms with Gasteiger partial charge >= 0.3 is 6.04 Å². The summed E-state index contributed by atoms with van der Waals surface area (Å²) in [4.78, 5) is 23.3. The highest BCUT2D eigenvalue weighted by molar-refractivity contribution is 5.84. The number of hydrogen-bond donors (Lipinski definition) is 0. The minimum absolute atomic E-state index is 0.00264. The summed E-state index contributed by atoms with van der Waals surface area (Å²) in [5, 5.41) is 0. The third-order valence-electron chi connectivity index (χ3n) is 2.52. The van der Waals surface area contributed by atoms with Crippen molar-refractivity contribution in [1.29, 1.82) is 0 Å². The zero-order valence-corrected chi connectivity index (χ0v) is 7.92. The molecule has 2 atom stereocenters. The van der Waals surface area contributed by atoms with Gasteiger partial charge in [0.2, 0.25) is 5.91 Å². The Kier molecular flexibility index (Phi) is 3.01. The van der Waals surface area contributed by atoms with E-state index in [1.807, 2.05) is 6.92 Å². The van der Waals surface area contributed by atoms with Gasteiger partial charge in [0.15, 0.2) is 0 Å². The van der Waals surface area contributed by atoms with Crippen LogP contribution in [-0.4, -0.2) is 28.9 Å². The highest BCUT2D eigenvalue weighted by Crippen LogP contribution is 2.25. The molecule has 0 spiro atoms. The molecule has 74 valence electrons. The number of carbonyl (C=O) groups excluding carboxylic acids is 2. The highest BCUT2D eigenvalue weighted by atomic mass is 19.1. The minimum Gasteiger partial charge on any atom is -0.327 e. The minimum atomic E-state index is -1.38. The number of hydrogen-bond acceptors (Lipinski definition) is 2. The maximum Gasteiger partial charge on any atom is 0.323 e. The van der Waals surface area contributed by atoms with Crippen molar-refractivity contribution in [1.82, 2.24) is 4.90 Å². The second-order valence-electron chi connectivity index (χ2n) is 3.40. The van der Waals surface area contributed by atoms with Crippen LogP contribution in [0, 0.1) is 0 Å². The molecule has 0 radical (unpaired) electrons. The quantitative estimate of drug-likeness (QED) is 0.610. The van der Waals surface area contributed by atoms with Crippen LogP contribution in [0.3, 0.4) is 0 Å². The fourth-order valence-corrected chi connectivity index (χ4v) is 1.81. The van der Waals surface area contributed by atoms with E-state index in [1.165, 1.54) is 4.90 Å². The van der Waals surface area contributed by atoms with Crippen molar-refractivity contribution in [3.05, 3.63) is 0 Å². The first-order valence-corrected chi connectivity index (χ1v) is 4.58. The summed E-state index contributed by atoms with van der Waals surface area (Å²) in [5.41, 5.74) is 0. The van der Waals surface area contributed by atoms with Gasteiger partial charge in [0.05, 0.1) is 0 Å². The molecule has 1 aliphatic heterocycles. The van der Waals surface area contributed by atoms with Gasteiger partial charge in [-0.25, -0.2) is 0 Å². The number of halogens is 1.